The van der Waals surface area contributed by atoms with Crippen molar-refractivity contribution in [2.45, 2.75) is 25.7 Å². The fourth-order valence-electron chi connectivity index (χ4n) is 2.82. The number of nitrogens with zero attached hydrogens (tertiary/aromatic N) is 3. The van der Waals surface area contributed by atoms with Crippen LogP contribution in [-0.4, -0.2) is 59.1 Å². The summed E-state index contributed by atoms with van der Waals surface area (Å²) >= 11 is 0. The van der Waals surface area contributed by atoms with Crippen molar-refractivity contribution in [1.82, 2.24) is 20.0 Å². The van der Waals surface area contributed by atoms with Crippen LogP contribution in [0.4, 0.5) is 0 Å². The van der Waals surface area contributed by atoms with Crippen LogP contribution >= 0.6 is 0 Å². The Morgan fingerprint density at radius 2 is 1.89 bits per heavy atom. The average Bonchev–Trinajstić information content (AvgIpc) is 2.82. The molecule has 18 heavy (non-hydrogen) atoms. The molecule has 1 aliphatic carbocycles. The van der Waals surface area contributed by atoms with Gasteiger partial charge in [0.2, 0.25) is 0 Å². The lowest BCUT2D eigenvalue weighted by atomic mass is 9.95. The van der Waals surface area contributed by atoms with Gasteiger partial charge in [-0.15, -0.1) is 0 Å². The number of fused-ring (bicyclic) bond motifs is 1. The molecule has 0 bridgehead atoms. The molecule has 1 aromatic rings. The Morgan fingerprint density at radius 1 is 1.17 bits per heavy atom. The maximum Gasteiger partial charge on any atom is 0.274 e. The summed E-state index contributed by atoms with van der Waals surface area (Å²) in [4.78, 5) is 16.7. The third kappa shape index (κ3) is 2.03. The van der Waals surface area contributed by atoms with E-state index in [-0.39, 0.29) is 5.91 Å². The highest BCUT2D eigenvalue weighted by molar-refractivity contribution is 5.94. The maximum atomic E-state index is 12.5. The maximum absolute atomic E-state index is 12.5. The van der Waals surface area contributed by atoms with Gasteiger partial charge in [-0.3, -0.25) is 9.89 Å². The van der Waals surface area contributed by atoms with E-state index in [1.54, 1.807) is 0 Å². The minimum atomic E-state index is 0.113. The van der Waals surface area contributed by atoms with Crippen LogP contribution in [0.5, 0.6) is 0 Å². The number of hydrogen-bond donors (Lipinski definition) is 1. The molecule has 3 rings (SSSR count). The van der Waals surface area contributed by atoms with Gasteiger partial charge in [0, 0.05) is 37.4 Å². The summed E-state index contributed by atoms with van der Waals surface area (Å²) in [5, 5.41) is 7.31. The zero-order valence-corrected chi connectivity index (χ0v) is 10.9. The molecule has 0 unspecified atom stereocenters. The molecule has 1 aromatic heterocycles. The van der Waals surface area contributed by atoms with Gasteiger partial charge in [-0.1, -0.05) is 0 Å². The SMILES string of the molecule is CN1CCN(C(=O)c2n[nH]c3c2CCCC3)CC1. The largest absolute Gasteiger partial charge is 0.335 e. The van der Waals surface area contributed by atoms with Crippen LogP contribution in [0, 0.1) is 0 Å². The summed E-state index contributed by atoms with van der Waals surface area (Å²) in [5.74, 6) is 0.113. The first-order valence-electron chi connectivity index (χ1n) is 6.79. The van der Waals surface area contributed by atoms with E-state index >= 15 is 0 Å². The predicted octanol–water partition coefficient (Wildman–Crippen LogP) is 0.676. The van der Waals surface area contributed by atoms with Crippen molar-refractivity contribution in [3.8, 4) is 0 Å². The Hall–Kier alpha value is -1.36. The molecule has 0 atom stereocenters. The molecular weight excluding hydrogens is 228 g/mol. The number of H-pyrrole nitrogens is 1. The normalized spacial score (nSPS) is 20.8. The van der Waals surface area contributed by atoms with Gasteiger partial charge in [0.1, 0.15) is 0 Å². The highest BCUT2D eigenvalue weighted by Gasteiger charge is 2.27. The van der Waals surface area contributed by atoms with Crippen LogP contribution in [0.15, 0.2) is 0 Å². The third-order valence-electron chi connectivity index (χ3n) is 4.05. The second kappa shape index (κ2) is 4.72. The van der Waals surface area contributed by atoms with Gasteiger partial charge < -0.3 is 9.80 Å². The third-order valence-corrected chi connectivity index (χ3v) is 4.05. The molecule has 0 radical (unpaired) electrons. The van der Waals surface area contributed by atoms with Crippen molar-refractivity contribution in [3.05, 3.63) is 17.0 Å². The minimum absolute atomic E-state index is 0.113. The highest BCUT2D eigenvalue weighted by Crippen LogP contribution is 2.23. The van der Waals surface area contributed by atoms with Gasteiger partial charge >= 0.3 is 0 Å². The van der Waals surface area contributed by atoms with Crippen LogP contribution in [0.1, 0.15) is 34.6 Å². The van der Waals surface area contributed by atoms with Crippen LogP contribution in [0.3, 0.4) is 0 Å². The molecule has 5 nitrogen and oxygen atoms in total. The number of carbonyl (C=O) groups excluding carboxylic acids is 1. The molecule has 1 fully saturated rings. The van der Waals surface area contributed by atoms with E-state index in [4.69, 9.17) is 0 Å². The van der Waals surface area contributed by atoms with Crippen molar-refractivity contribution < 1.29 is 4.79 Å². The quantitative estimate of drug-likeness (QED) is 0.795. The molecule has 1 aliphatic heterocycles. The number of rotatable bonds is 1. The van der Waals surface area contributed by atoms with Gasteiger partial charge in [0.25, 0.3) is 5.91 Å². The monoisotopic (exact) mass is 248 g/mol. The fourth-order valence-corrected chi connectivity index (χ4v) is 2.82. The van der Waals surface area contributed by atoms with Crippen molar-refractivity contribution in [3.63, 3.8) is 0 Å². The van der Waals surface area contributed by atoms with E-state index < -0.39 is 0 Å². The number of aromatic nitrogens is 2. The molecule has 0 saturated carbocycles. The number of aromatic amines is 1. The number of nitrogens with one attached hydrogen (secondary N) is 1. The summed E-state index contributed by atoms with van der Waals surface area (Å²) in [6.07, 6.45) is 4.42. The smallest absolute Gasteiger partial charge is 0.274 e. The molecule has 5 heteroatoms. The Labute approximate surface area is 107 Å². The Bertz CT molecular complexity index is 446. The summed E-state index contributed by atoms with van der Waals surface area (Å²) in [6.45, 7) is 3.55. The standard InChI is InChI=1S/C13H20N4O/c1-16-6-8-17(9-7-16)13(18)12-10-4-2-3-5-11(10)14-15-12/h2-9H2,1H3,(H,14,15). The lowest BCUT2D eigenvalue weighted by Gasteiger charge is -2.32. The van der Waals surface area contributed by atoms with Crippen molar-refractivity contribution >= 4 is 5.91 Å². The Kier molecular flexibility index (Phi) is 3.07. The number of piperazine rings is 1. The highest BCUT2D eigenvalue weighted by atomic mass is 16.2. The average molecular weight is 248 g/mol. The Morgan fingerprint density at radius 3 is 2.67 bits per heavy atom. The van der Waals surface area contributed by atoms with Gasteiger partial charge in [-0.25, -0.2) is 0 Å². The van der Waals surface area contributed by atoms with Crippen molar-refractivity contribution in [2.75, 3.05) is 33.2 Å². The summed E-state index contributed by atoms with van der Waals surface area (Å²) < 4.78 is 0. The Balaban J connectivity index is 1.78. The van der Waals surface area contributed by atoms with E-state index in [9.17, 15) is 4.79 Å². The van der Waals surface area contributed by atoms with Gasteiger partial charge in [0.05, 0.1) is 0 Å². The van der Waals surface area contributed by atoms with Crippen LogP contribution in [0.25, 0.3) is 0 Å². The molecule has 98 valence electrons. The molecule has 0 spiro atoms. The lowest BCUT2D eigenvalue weighted by Crippen LogP contribution is -2.47. The molecular formula is C13H20N4O. The number of hydrogen-bond acceptors (Lipinski definition) is 3. The molecule has 1 N–H and O–H groups in total. The van der Waals surface area contributed by atoms with E-state index in [1.165, 1.54) is 24.1 Å². The number of likely N-dealkylation sites (N-methyl/N-ethyl adjacent to an activating group) is 1. The zero-order chi connectivity index (χ0) is 12.5. The predicted molar refractivity (Wildman–Crippen MR) is 68.6 cm³/mol. The van der Waals surface area contributed by atoms with E-state index in [0.29, 0.717) is 5.69 Å². The minimum Gasteiger partial charge on any atom is -0.335 e. The summed E-state index contributed by atoms with van der Waals surface area (Å²) in [7, 11) is 2.10. The first-order chi connectivity index (χ1) is 8.75. The van der Waals surface area contributed by atoms with Crippen LogP contribution in [0.2, 0.25) is 0 Å². The van der Waals surface area contributed by atoms with Crippen molar-refractivity contribution in [1.29, 1.82) is 0 Å². The van der Waals surface area contributed by atoms with E-state index in [0.717, 1.165) is 39.0 Å². The number of carbonyl (C=O) groups is 1. The topological polar surface area (TPSA) is 52.2 Å². The molecule has 0 aromatic carbocycles. The first-order valence-corrected chi connectivity index (χ1v) is 6.79. The number of aryl methyl sites for hydroxylation is 1. The molecule has 2 aliphatic rings. The first kappa shape index (κ1) is 11.7. The zero-order valence-electron chi connectivity index (χ0n) is 10.9. The summed E-state index contributed by atoms with van der Waals surface area (Å²) in [6, 6.07) is 0. The second-order valence-corrected chi connectivity index (χ2v) is 5.33. The second-order valence-electron chi connectivity index (χ2n) is 5.33. The van der Waals surface area contributed by atoms with E-state index in [2.05, 4.69) is 22.1 Å². The molecule has 1 amide bonds. The molecule has 1 saturated heterocycles. The van der Waals surface area contributed by atoms with Crippen molar-refractivity contribution in [2.24, 2.45) is 0 Å². The van der Waals surface area contributed by atoms with Gasteiger partial charge in [-0.2, -0.15) is 5.10 Å². The lowest BCUT2D eigenvalue weighted by molar-refractivity contribution is 0.0657. The van der Waals surface area contributed by atoms with Crippen LogP contribution in [-0.2, 0) is 12.8 Å². The fraction of sp³-hybridized carbons (Fsp3) is 0.692. The van der Waals surface area contributed by atoms with Gasteiger partial charge in [0.15, 0.2) is 5.69 Å². The molecule has 2 heterocycles. The van der Waals surface area contributed by atoms with E-state index in [1.807, 2.05) is 4.90 Å². The number of amides is 1. The van der Waals surface area contributed by atoms with Crippen LogP contribution < -0.4 is 0 Å². The van der Waals surface area contributed by atoms with Gasteiger partial charge in [-0.05, 0) is 32.7 Å². The summed E-state index contributed by atoms with van der Waals surface area (Å²) in [5.41, 5.74) is 3.03.